The summed E-state index contributed by atoms with van der Waals surface area (Å²) in [4.78, 5) is 11.3. The Morgan fingerprint density at radius 3 is 2.80 bits per heavy atom. The quantitative estimate of drug-likeness (QED) is 0.803. The van der Waals surface area contributed by atoms with Crippen LogP contribution in [0, 0.1) is 6.92 Å². The summed E-state index contributed by atoms with van der Waals surface area (Å²) >= 11 is 2.05. The average molecular weight is 295 g/mol. The monoisotopic (exact) mass is 295 g/mol. The number of hydrogen-bond acceptors (Lipinski definition) is 6. The molecule has 2 heterocycles. The molecule has 0 atom stereocenters. The van der Waals surface area contributed by atoms with Crippen molar-refractivity contribution >= 4 is 23.5 Å². The second-order valence-corrected chi connectivity index (χ2v) is 6.26. The van der Waals surface area contributed by atoms with Crippen LogP contribution in [0.4, 0.5) is 11.8 Å². The lowest BCUT2D eigenvalue weighted by Gasteiger charge is -2.26. The minimum Gasteiger partial charge on any atom is -0.368 e. The van der Waals surface area contributed by atoms with Gasteiger partial charge in [-0.25, -0.2) is 4.98 Å². The van der Waals surface area contributed by atoms with Gasteiger partial charge in [-0.15, -0.1) is 0 Å². The van der Waals surface area contributed by atoms with Crippen molar-refractivity contribution in [3.8, 4) is 0 Å². The van der Waals surface area contributed by atoms with Crippen molar-refractivity contribution in [2.75, 3.05) is 54.9 Å². The lowest BCUT2D eigenvalue weighted by molar-refractivity contribution is 0.314. The first-order chi connectivity index (χ1) is 9.79. The second-order valence-electron chi connectivity index (χ2n) is 5.03. The standard InChI is InChI=1S/C14H25N5S/c1-3-4-16-14-17-11-12(2)13(18-14)15-5-6-19-7-9-20-10-8-19/h11H,3-10H2,1-2H3,(H2,15,16,17,18). The fraction of sp³-hybridized carbons (Fsp3) is 0.714. The first-order valence-corrected chi connectivity index (χ1v) is 8.56. The smallest absolute Gasteiger partial charge is 0.224 e. The van der Waals surface area contributed by atoms with Crippen LogP contribution in [0.1, 0.15) is 18.9 Å². The molecule has 1 saturated heterocycles. The molecule has 0 saturated carbocycles. The molecule has 0 bridgehead atoms. The maximum Gasteiger partial charge on any atom is 0.224 e. The molecule has 0 unspecified atom stereocenters. The molecule has 0 radical (unpaired) electrons. The molecule has 1 aromatic rings. The molecule has 1 aromatic heterocycles. The molecule has 0 amide bonds. The summed E-state index contributed by atoms with van der Waals surface area (Å²) in [6.45, 7) is 9.53. The van der Waals surface area contributed by atoms with Crippen LogP contribution < -0.4 is 10.6 Å². The number of aryl methyl sites for hydroxylation is 1. The Bertz CT molecular complexity index is 407. The van der Waals surface area contributed by atoms with E-state index in [1.807, 2.05) is 24.9 Å². The van der Waals surface area contributed by atoms with Crippen LogP contribution in [0.15, 0.2) is 6.20 Å². The number of nitrogens with zero attached hydrogens (tertiary/aromatic N) is 3. The molecule has 0 aliphatic carbocycles. The SMILES string of the molecule is CCCNc1ncc(C)c(NCCN2CCSCC2)n1. The second kappa shape index (κ2) is 8.32. The molecule has 2 N–H and O–H groups in total. The molecule has 1 aliphatic heterocycles. The van der Waals surface area contributed by atoms with Crippen molar-refractivity contribution in [1.29, 1.82) is 0 Å². The van der Waals surface area contributed by atoms with Crippen LogP contribution >= 0.6 is 11.8 Å². The zero-order valence-electron chi connectivity index (χ0n) is 12.5. The van der Waals surface area contributed by atoms with Crippen molar-refractivity contribution in [3.05, 3.63) is 11.8 Å². The van der Waals surface area contributed by atoms with E-state index in [0.29, 0.717) is 5.95 Å². The summed E-state index contributed by atoms with van der Waals surface area (Å²) in [6.07, 6.45) is 2.96. The van der Waals surface area contributed by atoms with Gasteiger partial charge >= 0.3 is 0 Å². The number of thioether (sulfide) groups is 1. The maximum atomic E-state index is 4.54. The summed E-state index contributed by atoms with van der Waals surface area (Å²) in [5, 5.41) is 6.66. The highest BCUT2D eigenvalue weighted by atomic mass is 32.2. The van der Waals surface area contributed by atoms with E-state index in [1.54, 1.807) is 0 Å². The number of aromatic nitrogens is 2. The van der Waals surface area contributed by atoms with Crippen LogP contribution in [-0.2, 0) is 0 Å². The van der Waals surface area contributed by atoms with Gasteiger partial charge in [-0.3, -0.25) is 4.90 Å². The van der Waals surface area contributed by atoms with Crippen molar-refractivity contribution in [2.24, 2.45) is 0 Å². The third-order valence-electron chi connectivity index (χ3n) is 3.33. The molecule has 1 aliphatic rings. The Balaban J connectivity index is 1.81. The van der Waals surface area contributed by atoms with Crippen LogP contribution in [0.25, 0.3) is 0 Å². The largest absolute Gasteiger partial charge is 0.368 e. The van der Waals surface area contributed by atoms with Gasteiger partial charge in [0.25, 0.3) is 0 Å². The van der Waals surface area contributed by atoms with Crippen LogP contribution in [0.2, 0.25) is 0 Å². The molecule has 5 nitrogen and oxygen atoms in total. The Hall–Kier alpha value is -1.01. The summed E-state index contributed by atoms with van der Waals surface area (Å²) < 4.78 is 0. The van der Waals surface area contributed by atoms with Gasteiger partial charge in [-0.05, 0) is 13.3 Å². The van der Waals surface area contributed by atoms with E-state index in [1.165, 1.54) is 24.6 Å². The van der Waals surface area contributed by atoms with E-state index in [9.17, 15) is 0 Å². The molecule has 112 valence electrons. The van der Waals surface area contributed by atoms with Gasteiger partial charge in [0.15, 0.2) is 0 Å². The normalized spacial score (nSPS) is 16.1. The van der Waals surface area contributed by atoms with Crippen LogP contribution in [0.5, 0.6) is 0 Å². The first-order valence-electron chi connectivity index (χ1n) is 7.41. The lowest BCUT2D eigenvalue weighted by atomic mass is 10.3. The molecule has 20 heavy (non-hydrogen) atoms. The first kappa shape index (κ1) is 15.4. The minimum atomic E-state index is 0.717. The van der Waals surface area contributed by atoms with Crippen LogP contribution in [0.3, 0.4) is 0 Å². The van der Waals surface area contributed by atoms with Crippen molar-refractivity contribution in [3.63, 3.8) is 0 Å². The van der Waals surface area contributed by atoms with Crippen molar-refractivity contribution in [1.82, 2.24) is 14.9 Å². The van der Waals surface area contributed by atoms with Gasteiger partial charge in [0.1, 0.15) is 5.82 Å². The molecule has 1 fully saturated rings. The Morgan fingerprint density at radius 1 is 1.25 bits per heavy atom. The van der Waals surface area contributed by atoms with Crippen molar-refractivity contribution in [2.45, 2.75) is 20.3 Å². The van der Waals surface area contributed by atoms with Gasteiger partial charge in [-0.2, -0.15) is 16.7 Å². The van der Waals surface area contributed by atoms with Crippen LogP contribution in [-0.4, -0.2) is 59.1 Å². The van der Waals surface area contributed by atoms with E-state index in [4.69, 9.17) is 0 Å². The fourth-order valence-corrected chi connectivity index (χ4v) is 3.08. The van der Waals surface area contributed by atoms with E-state index in [0.717, 1.165) is 37.4 Å². The zero-order valence-corrected chi connectivity index (χ0v) is 13.3. The molecule has 0 aromatic carbocycles. The third-order valence-corrected chi connectivity index (χ3v) is 4.27. The topological polar surface area (TPSA) is 53.1 Å². The Labute approximate surface area is 125 Å². The summed E-state index contributed by atoms with van der Waals surface area (Å²) in [7, 11) is 0. The molecular formula is C14H25N5S. The zero-order chi connectivity index (χ0) is 14.2. The summed E-state index contributed by atoms with van der Waals surface area (Å²) in [5.74, 6) is 4.19. The highest BCUT2D eigenvalue weighted by Crippen LogP contribution is 2.13. The minimum absolute atomic E-state index is 0.717. The highest BCUT2D eigenvalue weighted by Gasteiger charge is 2.10. The number of rotatable bonds is 7. The van der Waals surface area contributed by atoms with Gasteiger partial charge in [0, 0.05) is 56.0 Å². The lowest BCUT2D eigenvalue weighted by Crippen LogP contribution is -2.36. The Kier molecular flexibility index (Phi) is 6.39. The number of hydrogen-bond donors (Lipinski definition) is 2. The highest BCUT2D eigenvalue weighted by molar-refractivity contribution is 7.99. The molecule has 2 rings (SSSR count). The number of anilines is 2. The average Bonchev–Trinajstić information content (AvgIpc) is 2.49. The van der Waals surface area contributed by atoms with Gasteiger partial charge in [0.05, 0.1) is 0 Å². The van der Waals surface area contributed by atoms with Crippen molar-refractivity contribution < 1.29 is 0 Å². The maximum absolute atomic E-state index is 4.54. The van der Waals surface area contributed by atoms with Gasteiger partial charge in [-0.1, -0.05) is 6.92 Å². The summed E-state index contributed by atoms with van der Waals surface area (Å²) in [5.41, 5.74) is 1.10. The molecular weight excluding hydrogens is 270 g/mol. The third kappa shape index (κ3) is 4.83. The Morgan fingerprint density at radius 2 is 2.05 bits per heavy atom. The molecule has 0 spiro atoms. The fourth-order valence-electron chi connectivity index (χ4n) is 2.10. The summed E-state index contributed by atoms with van der Waals surface area (Å²) in [6, 6.07) is 0. The predicted molar refractivity (Wildman–Crippen MR) is 87.8 cm³/mol. The van der Waals surface area contributed by atoms with E-state index < -0.39 is 0 Å². The predicted octanol–water partition coefficient (Wildman–Crippen LogP) is 2.07. The van der Waals surface area contributed by atoms with Gasteiger partial charge in [0.2, 0.25) is 5.95 Å². The number of nitrogens with one attached hydrogen (secondary N) is 2. The van der Waals surface area contributed by atoms with E-state index >= 15 is 0 Å². The van der Waals surface area contributed by atoms with E-state index in [-0.39, 0.29) is 0 Å². The van der Waals surface area contributed by atoms with E-state index in [2.05, 4.69) is 32.4 Å². The van der Waals surface area contributed by atoms with Gasteiger partial charge < -0.3 is 10.6 Å². The molecule has 6 heteroatoms.